The minimum absolute atomic E-state index is 0.00329. The lowest BCUT2D eigenvalue weighted by Gasteiger charge is -2.39. The van der Waals surface area contributed by atoms with E-state index in [1.807, 2.05) is 30.3 Å². The van der Waals surface area contributed by atoms with Gasteiger partial charge in [0.05, 0.1) is 45.9 Å². The third kappa shape index (κ3) is 9.49. The SMILES string of the molecule is CC(=O)N1CCOC(COc2ccc(S(=O)(=O)NC(=O)c3ccc(N4CCN(CC5=C(c6ccc(Cl)cc6)CC(C)(C)CC5)CC4)cc3-n3ncc4nc5[nH]ccc5cc43)cc2[N+](=O)[O-])C1. The number of halogens is 1. The van der Waals surface area contributed by atoms with Gasteiger partial charge >= 0.3 is 5.69 Å². The van der Waals surface area contributed by atoms with Crippen LogP contribution >= 0.6 is 11.6 Å². The summed E-state index contributed by atoms with van der Waals surface area (Å²) in [7, 11) is -4.66. The van der Waals surface area contributed by atoms with E-state index >= 15 is 0 Å². The van der Waals surface area contributed by atoms with Crippen molar-refractivity contribution in [2.45, 2.75) is 51.0 Å². The summed E-state index contributed by atoms with van der Waals surface area (Å²) in [6.07, 6.45) is 5.98. The number of carbonyl (C=O) groups is 2. The average Bonchev–Trinajstić information content (AvgIpc) is 3.94. The van der Waals surface area contributed by atoms with Gasteiger partial charge in [0.15, 0.2) is 5.75 Å². The number of nitrogens with one attached hydrogen (secondary N) is 2. The molecule has 9 rings (SSSR count). The molecule has 1 unspecified atom stereocenters. The van der Waals surface area contributed by atoms with Gasteiger partial charge in [-0.25, -0.2) is 22.8 Å². The first-order chi connectivity index (χ1) is 31.6. The first-order valence-corrected chi connectivity index (χ1v) is 23.7. The van der Waals surface area contributed by atoms with E-state index in [4.69, 9.17) is 26.1 Å². The number of aromatic amines is 1. The number of sulfonamides is 1. The molecule has 2 saturated heterocycles. The normalized spacial score (nSPS) is 18.2. The highest BCUT2D eigenvalue weighted by molar-refractivity contribution is 7.90. The maximum absolute atomic E-state index is 14.2. The van der Waals surface area contributed by atoms with E-state index in [0.717, 1.165) is 67.1 Å². The van der Waals surface area contributed by atoms with Crippen LogP contribution < -0.4 is 14.4 Å². The number of benzene rings is 3. The Labute approximate surface area is 386 Å². The fraction of sp³-hybridized carbons (Fsp3) is 0.362. The summed E-state index contributed by atoms with van der Waals surface area (Å²) >= 11 is 6.26. The summed E-state index contributed by atoms with van der Waals surface area (Å²) in [6.45, 7) is 10.8. The number of aromatic nitrogens is 4. The van der Waals surface area contributed by atoms with Crippen LogP contribution in [0.2, 0.25) is 5.02 Å². The van der Waals surface area contributed by atoms with Crippen LogP contribution in [0.1, 0.15) is 56.0 Å². The van der Waals surface area contributed by atoms with Crippen LogP contribution in [-0.4, -0.2) is 120 Å². The largest absolute Gasteiger partial charge is 0.484 e. The Morgan fingerprint density at radius 2 is 1.82 bits per heavy atom. The number of ether oxygens (including phenoxy) is 2. The van der Waals surface area contributed by atoms with Gasteiger partial charge in [-0.15, -0.1) is 0 Å². The fourth-order valence-corrected chi connectivity index (χ4v) is 10.2. The maximum Gasteiger partial charge on any atom is 0.312 e. The van der Waals surface area contributed by atoms with Crippen molar-refractivity contribution < 1.29 is 32.4 Å². The number of morpholine rings is 1. The number of nitro benzene ring substituents is 1. The lowest BCUT2D eigenvalue weighted by Crippen LogP contribution is -2.47. The molecule has 0 bridgehead atoms. The number of hydrogen-bond donors (Lipinski definition) is 2. The van der Waals surface area contributed by atoms with E-state index in [-0.39, 0.29) is 42.4 Å². The topological polar surface area (TPSA) is 198 Å². The summed E-state index contributed by atoms with van der Waals surface area (Å²) in [5.41, 5.74) is 6.63. The molecule has 344 valence electrons. The van der Waals surface area contributed by atoms with E-state index in [9.17, 15) is 28.1 Å². The monoisotopic (exact) mass is 935 g/mol. The van der Waals surface area contributed by atoms with E-state index in [0.29, 0.717) is 42.0 Å². The first-order valence-electron chi connectivity index (χ1n) is 21.9. The van der Waals surface area contributed by atoms with Crippen molar-refractivity contribution in [1.82, 2.24) is 34.3 Å². The number of nitro groups is 1. The zero-order valence-electron chi connectivity index (χ0n) is 36.8. The number of nitrogens with zero attached hydrogens (tertiary/aromatic N) is 7. The van der Waals surface area contributed by atoms with E-state index in [1.54, 1.807) is 34.1 Å². The van der Waals surface area contributed by atoms with Crippen molar-refractivity contribution in [3.05, 3.63) is 117 Å². The third-order valence-corrected chi connectivity index (χ3v) is 14.3. The van der Waals surface area contributed by atoms with Gasteiger partial charge in [-0.1, -0.05) is 43.2 Å². The average molecular weight is 936 g/mol. The van der Waals surface area contributed by atoms with Crippen LogP contribution in [0.15, 0.2) is 95.7 Å². The molecule has 0 spiro atoms. The van der Waals surface area contributed by atoms with Crippen molar-refractivity contribution >= 4 is 72.5 Å². The second-order valence-corrected chi connectivity index (χ2v) is 20.0. The number of pyridine rings is 1. The lowest BCUT2D eigenvalue weighted by atomic mass is 9.72. The molecule has 0 radical (unpaired) electrons. The van der Waals surface area contributed by atoms with Gasteiger partial charge < -0.3 is 24.3 Å². The Balaban J connectivity index is 0.964. The number of anilines is 1. The van der Waals surface area contributed by atoms with Crippen LogP contribution in [0.3, 0.4) is 0 Å². The standard InChI is InChI=1S/C47H50ClN9O8S/c1-30(58)55-20-21-64-36(28-55)29-65-44-11-9-37(24-43(44)57(60)61)66(62,63)52-46(59)38-10-8-35(23-41(38)56-42-22-32-13-15-49-45(32)51-40(42)26-50-56)54-18-16-53(17-19-54)27-33-12-14-47(2,3)25-39(33)31-4-6-34(48)7-5-31/h4-11,13,15,22-24,26,36H,12,14,16-21,25,27-29H2,1-3H3,(H,49,51)(H,52,59). The minimum atomic E-state index is -4.66. The molecule has 6 aromatic rings. The zero-order valence-corrected chi connectivity index (χ0v) is 38.4. The molecule has 2 aliphatic heterocycles. The smallest absolute Gasteiger partial charge is 0.312 e. The van der Waals surface area contributed by atoms with Crippen molar-refractivity contribution in [1.29, 1.82) is 0 Å². The molecular weight excluding hydrogens is 886 g/mol. The van der Waals surface area contributed by atoms with Gasteiger partial charge in [-0.05, 0) is 90.4 Å². The number of rotatable bonds is 12. The Morgan fingerprint density at radius 1 is 1.03 bits per heavy atom. The van der Waals surface area contributed by atoms with Crippen molar-refractivity contribution in [3.63, 3.8) is 0 Å². The fourth-order valence-electron chi connectivity index (χ4n) is 9.05. The number of carbonyl (C=O) groups excluding carboxylic acids is 2. The van der Waals surface area contributed by atoms with Gasteiger partial charge in [0, 0.05) is 74.6 Å². The molecule has 3 aromatic carbocycles. The molecule has 3 aromatic heterocycles. The van der Waals surface area contributed by atoms with Crippen molar-refractivity contribution in [2.75, 3.05) is 63.9 Å². The minimum Gasteiger partial charge on any atom is -0.484 e. The Bertz CT molecular complexity index is 3000. The molecule has 5 heterocycles. The summed E-state index contributed by atoms with van der Waals surface area (Å²) in [5.74, 6) is -1.29. The van der Waals surface area contributed by atoms with Gasteiger partial charge in [-0.3, -0.25) is 24.6 Å². The van der Waals surface area contributed by atoms with Crippen LogP contribution in [-0.2, 0) is 19.6 Å². The van der Waals surface area contributed by atoms with Crippen LogP contribution in [0.5, 0.6) is 5.75 Å². The van der Waals surface area contributed by atoms with Crippen molar-refractivity contribution in [3.8, 4) is 11.4 Å². The summed E-state index contributed by atoms with van der Waals surface area (Å²) in [4.78, 5) is 51.1. The maximum atomic E-state index is 14.2. The molecule has 19 heteroatoms. The first kappa shape index (κ1) is 44.8. The van der Waals surface area contributed by atoms with Gasteiger partial charge in [0.2, 0.25) is 5.91 Å². The number of H-pyrrole nitrogens is 1. The van der Waals surface area contributed by atoms with Gasteiger partial charge in [-0.2, -0.15) is 5.10 Å². The highest BCUT2D eigenvalue weighted by atomic mass is 35.5. The number of hydrogen-bond acceptors (Lipinski definition) is 12. The molecule has 2 N–H and O–H groups in total. The molecule has 17 nitrogen and oxygen atoms in total. The van der Waals surface area contributed by atoms with Crippen LogP contribution in [0, 0.1) is 15.5 Å². The van der Waals surface area contributed by atoms with Gasteiger partial charge in [0.1, 0.15) is 23.9 Å². The second-order valence-electron chi connectivity index (χ2n) is 17.8. The van der Waals surface area contributed by atoms with Crippen LogP contribution in [0.25, 0.3) is 33.3 Å². The van der Waals surface area contributed by atoms with E-state index in [2.05, 4.69) is 50.6 Å². The Morgan fingerprint density at radius 3 is 2.58 bits per heavy atom. The van der Waals surface area contributed by atoms with Gasteiger partial charge in [0.25, 0.3) is 15.9 Å². The van der Waals surface area contributed by atoms with E-state index < -0.39 is 37.5 Å². The molecule has 2 amide bonds. The van der Waals surface area contributed by atoms with Crippen LogP contribution in [0.4, 0.5) is 11.4 Å². The highest BCUT2D eigenvalue weighted by Gasteiger charge is 2.31. The number of amides is 2. The molecule has 1 aliphatic carbocycles. The lowest BCUT2D eigenvalue weighted by molar-refractivity contribution is -0.386. The third-order valence-electron chi connectivity index (χ3n) is 12.7. The molecule has 0 saturated carbocycles. The molecule has 1 atom stereocenters. The number of allylic oxidation sites excluding steroid dienone is 1. The van der Waals surface area contributed by atoms with Crippen molar-refractivity contribution in [2.24, 2.45) is 5.41 Å². The Hall–Kier alpha value is -6.34. The number of piperazine rings is 1. The predicted molar refractivity (Wildman–Crippen MR) is 251 cm³/mol. The molecule has 66 heavy (non-hydrogen) atoms. The zero-order chi connectivity index (χ0) is 46.3. The Kier molecular flexibility index (Phi) is 12.3. The summed E-state index contributed by atoms with van der Waals surface area (Å²) in [5, 5.41) is 18.4. The quantitative estimate of drug-likeness (QED) is 0.0944. The second kappa shape index (κ2) is 18.1. The molecule has 2 fully saturated rings. The molecule has 3 aliphatic rings. The van der Waals surface area contributed by atoms with E-state index in [1.165, 1.54) is 29.7 Å². The summed E-state index contributed by atoms with van der Waals surface area (Å²) < 4.78 is 42.8. The predicted octanol–water partition coefficient (Wildman–Crippen LogP) is 6.99. The highest BCUT2D eigenvalue weighted by Crippen LogP contribution is 2.43. The molecular formula is C47H50ClN9O8S. The number of fused-ring (bicyclic) bond motifs is 2. The summed E-state index contributed by atoms with van der Waals surface area (Å²) in [6, 6.07) is 20.3.